The molecular weight excluding hydrogens is 224 g/mol. The smallest absolute Gasteiger partial charge is 0.248 e. The number of nitrogens with two attached hydrogens (primary N) is 1. The highest BCUT2D eigenvalue weighted by atomic mass is 16.1. The van der Waals surface area contributed by atoms with E-state index in [1.807, 2.05) is 12.1 Å². The summed E-state index contributed by atoms with van der Waals surface area (Å²) in [6.07, 6.45) is 5.37. The van der Waals surface area contributed by atoms with Crippen molar-refractivity contribution < 1.29 is 4.79 Å². The van der Waals surface area contributed by atoms with E-state index < -0.39 is 0 Å². The van der Waals surface area contributed by atoms with Crippen molar-refractivity contribution in [3.63, 3.8) is 0 Å². The highest BCUT2D eigenvalue weighted by molar-refractivity contribution is 5.92. The van der Waals surface area contributed by atoms with Crippen LogP contribution in [0, 0.1) is 0 Å². The van der Waals surface area contributed by atoms with E-state index in [9.17, 15) is 4.79 Å². The maximum atomic E-state index is 11.0. The molecule has 1 saturated heterocycles. The molecular formula is C15H20N2O. The molecule has 18 heavy (non-hydrogen) atoms. The molecule has 2 atom stereocenters. The lowest BCUT2D eigenvalue weighted by Gasteiger charge is -2.26. The summed E-state index contributed by atoms with van der Waals surface area (Å²) in [7, 11) is 0. The highest BCUT2D eigenvalue weighted by Crippen LogP contribution is 2.45. The minimum atomic E-state index is -0.343. The van der Waals surface area contributed by atoms with Gasteiger partial charge in [0, 0.05) is 17.5 Å². The lowest BCUT2D eigenvalue weighted by molar-refractivity contribution is 0.100. The molecule has 2 unspecified atom stereocenters. The second kappa shape index (κ2) is 4.73. The first kappa shape index (κ1) is 11.7. The average Bonchev–Trinajstić information content (AvgIpc) is 3.20. The van der Waals surface area contributed by atoms with Crippen LogP contribution in [0.2, 0.25) is 0 Å². The number of carbonyl (C=O) groups is 1. The molecule has 1 aliphatic carbocycles. The zero-order valence-electron chi connectivity index (χ0n) is 10.6. The van der Waals surface area contributed by atoms with Crippen LogP contribution in [-0.2, 0) is 0 Å². The van der Waals surface area contributed by atoms with Gasteiger partial charge in [-0.05, 0) is 50.0 Å². The molecule has 1 aromatic rings. The van der Waals surface area contributed by atoms with E-state index in [0.29, 0.717) is 11.5 Å². The number of carbonyl (C=O) groups excluding carboxylic acids is 1. The summed E-state index contributed by atoms with van der Waals surface area (Å²) < 4.78 is 0. The van der Waals surface area contributed by atoms with Crippen molar-refractivity contribution in [2.75, 3.05) is 13.1 Å². The fourth-order valence-electron chi connectivity index (χ4n) is 3.09. The SMILES string of the molecule is NC(=O)c1ccc(C2CC2N2CCCCC2)cc1. The van der Waals surface area contributed by atoms with Crippen LogP contribution in [0.5, 0.6) is 0 Å². The van der Waals surface area contributed by atoms with Gasteiger partial charge < -0.3 is 5.73 Å². The number of nitrogens with zero attached hydrogens (tertiary/aromatic N) is 1. The molecule has 0 spiro atoms. The summed E-state index contributed by atoms with van der Waals surface area (Å²) in [5.74, 6) is 0.329. The van der Waals surface area contributed by atoms with Crippen LogP contribution in [0.1, 0.15) is 47.5 Å². The molecule has 96 valence electrons. The van der Waals surface area contributed by atoms with Gasteiger partial charge in [-0.1, -0.05) is 18.6 Å². The Bertz CT molecular complexity index is 434. The van der Waals surface area contributed by atoms with Gasteiger partial charge in [0.25, 0.3) is 0 Å². The normalized spacial score (nSPS) is 28.0. The van der Waals surface area contributed by atoms with Crippen LogP contribution < -0.4 is 5.73 Å². The Kier molecular flexibility index (Phi) is 3.08. The molecule has 0 bridgehead atoms. The first-order valence-electron chi connectivity index (χ1n) is 6.89. The van der Waals surface area contributed by atoms with E-state index in [0.717, 1.165) is 6.04 Å². The third kappa shape index (κ3) is 2.27. The molecule has 2 aliphatic rings. The Balaban J connectivity index is 1.64. The minimum Gasteiger partial charge on any atom is -0.366 e. The summed E-state index contributed by atoms with van der Waals surface area (Å²) in [5.41, 5.74) is 7.22. The van der Waals surface area contributed by atoms with Crippen LogP contribution in [0.3, 0.4) is 0 Å². The molecule has 0 aromatic heterocycles. The van der Waals surface area contributed by atoms with E-state index in [2.05, 4.69) is 17.0 Å². The first-order chi connectivity index (χ1) is 8.75. The van der Waals surface area contributed by atoms with Gasteiger partial charge >= 0.3 is 0 Å². The molecule has 3 nitrogen and oxygen atoms in total. The van der Waals surface area contributed by atoms with Gasteiger partial charge in [-0.3, -0.25) is 9.69 Å². The van der Waals surface area contributed by atoms with Crippen LogP contribution >= 0.6 is 0 Å². The number of rotatable bonds is 3. The second-order valence-corrected chi connectivity index (χ2v) is 5.49. The van der Waals surface area contributed by atoms with Gasteiger partial charge in [-0.15, -0.1) is 0 Å². The minimum absolute atomic E-state index is 0.343. The van der Waals surface area contributed by atoms with Crippen molar-refractivity contribution in [3.05, 3.63) is 35.4 Å². The molecule has 3 heteroatoms. The predicted octanol–water partition coefficient (Wildman–Crippen LogP) is 2.13. The van der Waals surface area contributed by atoms with Crippen molar-refractivity contribution in [2.45, 2.75) is 37.6 Å². The van der Waals surface area contributed by atoms with Crippen molar-refractivity contribution in [1.29, 1.82) is 0 Å². The van der Waals surface area contributed by atoms with Gasteiger partial charge in [-0.2, -0.15) is 0 Å². The van der Waals surface area contributed by atoms with Gasteiger partial charge in [0.2, 0.25) is 5.91 Å². The fraction of sp³-hybridized carbons (Fsp3) is 0.533. The van der Waals surface area contributed by atoms with E-state index >= 15 is 0 Å². The number of primary amides is 1. The maximum absolute atomic E-state index is 11.0. The molecule has 1 saturated carbocycles. The van der Waals surface area contributed by atoms with Crippen molar-refractivity contribution >= 4 is 5.91 Å². The highest BCUT2D eigenvalue weighted by Gasteiger charge is 2.42. The number of piperidine rings is 1. The largest absolute Gasteiger partial charge is 0.366 e. The Morgan fingerprint density at radius 3 is 2.39 bits per heavy atom. The average molecular weight is 244 g/mol. The van der Waals surface area contributed by atoms with E-state index in [1.165, 1.54) is 44.3 Å². The summed E-state index contributed by atoms with van der Waals surface area (Å²) in [4.78, 5) is 13.7. The lowest BCUT2D eigenvalue weighted by atomic mass is 10.1. The third-order valence-corrected chi connectivity index (χ3v) is 4.24. The van der Waals surface area contributed by atoms with E-state index in [1.54, 1.807) is 0 Å². The van der Waals surface area contributed by atoms with E-state index in [-0.39, 0.29) is 5.91 Å². The third-order valence-electron chi connectivity index (χ3n) is 4.24. The zero-order valence-corrected chi connectivity index (χ0v) is 10.6. The maximum Gasteiger partial charge on any atom is 0.248 e. The standard InChI is InChI=1S/C15H20N2O/c16-15(18)12-6-4-11(5-7-12)13-10-14(13)17-8-2-1-3-9-17/h4-7,13-14H,1-3,8-10H2,(H2,16,18). The Morgan fingerprint density at radius 2 is 1.78 bits per heavy atom. The van der Waals surface area contributed by atoms with Crippen LogP contribution in [0.25, 0.3) is 0 Å². The van der Waals surface area contributed by atoms with Crippen LogP contribution in [-0.4, -0.2) is 29.9 Å². The van der Waals surface area contributed by atoms with Crippen molar-refractivity contribution in [3.8, 4) is 0 Å². The molecule has 1 heterocycles. The summed E-state index contributed by atoms with van der Waals surface area (Å²) in [5, 5.41) is 0. The predicted molar refractivity (Wildman–Crippen MR) is 71.5 cm³/mol. The second-order valence-electron chi connectivity index (χ2n) is 5.49. The van der Waals surface area contributed by atoms with Gasteiger partial charge in [0.05, 0.1) is 0 Å². The fourth-order valence-corrected chi connectivity index (χ4v) is 3.09. The molecule has 2 N–H and O–H groups in total. The van der Waals surface area contributed by atoms with Gasteiger partial charge in [0.15, 0.2) is 0 Å². The van der Waals surface area contributed by atoms with E-state index in [4.69, 9.17) is 5.73 Å². The van der Waals surface area contributed by atoms with Crippen molar-refractivity contribution in [1.82, 2.24) is 4.90 Å². The lowest BCUT2D eigenvalue weighted by Crippen LogP contribution is -2.32. The number of benzene rings is 1. The summed E-state index contributed by atoms with van der Waals surface area (Å²) in [6, 6.07) is 8.57. The Hall–Kier alpha value is -1.35. The monoisotopic (exact) mass is 244 g/mol. The molecule has 3 rings (SSSR count). The molecule has 1 amide bonds. The Morgan fingerprint density at radius 1 is 1.11 bits per heavy atom. The van der Waals surface area contributed by atoms with Crippen LogP contribution in [0.4, 0.5) is 0 Å². The Labute approximate surface area is 108 Å². The number of hydrogen-bond acceptors (Lipinski definition) is 2. The zero-order chi connectivity index (χ0) is 12.5. The van der Waals surface area contributed by atoms with Gasteiger partial charge in [0.1, 0.15) is 0 Å². The molecule has 0 radical (unpaired) electrons. The summed E-state index contributed by atoms with van der Waals surface area (Å²) in [6.45, 7) is 2.53. The molecule has 1 aliphatic heterocycles. The van der Waals surface area contributed by atoms with Crippen molar-refractivity contribution in [2.24, 2.45) is 5.73 Å². The molecule has 2 fully saturated rings. The number of likely N-dealkylation sites (tertiary alicyclic amines) is 1. The van der Waals surface area contributed by atoms with Crippen LogP contribution in [0.15, 0.2) is 24.3 Å². The number of amides is 1. The first-order valence-corrected chi connectivity index (χ1v) is 6.89. The van der Waals surface area contributed by atoms with Gasteiger partial charge in [-0.25, -0.2) is 0 Å². The summed E-state index contributed by atoms with van der Waals surface area (Å²) >= 11 is 0. The molecule has 1 aromatic carbocycles. The number of hydrogen-bond donors (Lipinski definition) is 1. The quantitative estimate of drug-likeness (QED) is 0.885. The topological polar surface area (TPSA) is 46.3 Å².